The topological polar surface area (TPSA) is 66.4 Å². The van der Waals surface area contributed by atoms with Crippen LogP contribution in [0.15, 0.2) is 30.3 Å². The SMILES string of the molecule is CC(CC1CC1)NC(=O)CC(C)(C(=O)O)c1ccccc1. The molecule has 1 aliphatic carbocycles. The zero-order valence-electron chi connectivity index (χ0n) is 12.6. The quantitative estimate of drug-likeness (QED) is 0.811. The largest absolute Gasteiger partial charge is 0.481 e. The minimum Gasteiger partial charge on any atom is -0.481 e. The van der Waals surface area contributed by atoms with E-state index in [0.29, 0.717) is 5.56 Å². The van der Waals surface area contributed by atoms with Crippen LogP contribution in [0.25, 0.3) is 0 Å². The van der Waals surface area contributed by atoms with Crippen LogP contribution in [0.5, 0.6) is 0 Å². The third kappa shape index (κ3) is 4.06. The van der Waals surface area contributed by atoms with Gasteiger partial charge in [-0.15, -0.1) is 0 Å². The number of aliphatic carboxylic acids is 1. The number of carbonyl (C=O) groups is 2. The highest BCUT2D eigenvalue weighted by Gasteiger charge is 2.37. The van der Waals surface area contributed by atoms with Crippen molar-refractivity contribution < 1.29 is 14.7 Å². The molecule has 4 heteroatoms. The van der Waals surface area contributed by atoms with E-state index < -0.39 is 11.4 Å². The standard InChI is InChI=1S/C17H23NO3/c1-12(10-13-8-9-13)18-15(19)11-17(2,16(20)21)14-6-4-3-5-7-14/h3-7,12-13H,8-11H2,1-2H3,(H,18,19)(H,20,21). The number of carboxylic acid groups (broad SMARTS) is 1. The summed E-state index contributed by atoms with van der Waals surface area (Å²) in [6.07, 6.45) is 3.44. The average Bonchev–Trinajstić information content (AvgIpc) is 3.22. The summed E-state index contributed by atoms with van der Waals surface area (Å²) in [6.45, 7) is 3.59. The molecule has 2 N–H and O–H groups in total. The van der Waals surface area contributed by atoms with Crippen molar-refractivity contribution in [3.63, 3.8) is 0 Å². The number of benzene rings is 1. The van der Waals surface area contributed by atoms with Crippen LogP contribution < -0.4 is 5.32 Å². The van der Waals surface area contributed by atoms with Crippen molar-refractivity contribution in [2.75, 3.05) is 0 Å². The molecule has 21 heavy (non-hydrogen) atoms. The highest BCUT2D eigenvalue weighted by molar-refractivity contribution is 5.89. The Kier molecular flexibility index (Phi) is 4.66. The van der Waals surface area contributed by atoms with Crippen molar-refractivity contribution >= 4 is 11.9 Å². The molecule has 1 saturated carbocycles. The Morgan fingerprint density at radius 2 is 1.95 bits per heavy atom. The second-order valence-corrected chi connectivity index (χ2v) is 6.33. The highest BCUT2D eigenvalue weighted by atomic mass is 16.4. The van der Waals surface area contributed by atoms with Crippen LogP contribution >= 0.6 is 0 Å². The summed E-state index contributed by atoms with van der Waals surface area (Å²) in [5.74, 6) is -0.434. The number of rotatable bonds is 7. The molecule has 1 aromatic carbocycles. The minimum atomic E-state index is -1.19. The first-order valence-electron chi connectivity index (χ1n) is 7.50. The molecular formula is C17H23NO3. The maximum atomic E-state index is 12.2. The average molecular weight is 289 g/mol. The summed E-state index contributed by atoms with van der Waals surface area (Å²) in [5, 5.41) is 12.5. The first kappa shape index (κ1) is 15.5. The Balaban J connectivity index is 2.02. The monoisotopic (exact) mass is 289 g/mol. The van der Waals surface area contributed by atoms with Crippen LogP contribution in [0.4, 0.5) is 0 Å². The summed E-state index contributed by atoms with van der Waals surface area (Å²) in [5.41, 5.74) is -0.535. The molecule has 2 rings (SSSR count). The molecule has 0 aromatic heterocycles. The lowest BCUT2D eigenvalue weighted by atomic mass is 9.79. The Morgan fingerprint density at radius 3 is 2.48 bits per heavy atom. The van der Waals surface area contributed by atoms with E-state index in [4.69, 9.17) is 0 Å². The van der Waals surface area contributed by atoms with Gasteiger partial charge in [0.1, 0.15) is 0 Å². The second-order valence-electron chi connectivity index (χ2n) is 6.33. The van der Waals surface area contributed by atoms with Gasteiger partial charge in [-0.25, -0.2) is 0 Å². The van der Waals surface area contributed by atoms with E-state index in [1.807, 2.05) is 13.0 Å². The molecule has 4 nitrogen and oxygen atoms in total. The van der Waals surface area contributed by atoms with Crippen molar-refractivity contribution in [3.05, 3.63) is 35.9 Å². The Labute approximate surface area is 125 Å². The van der Waals surface area contributed by atoms with Gasteiger partial charge in [0.2, 0.25) is 5.91 Å². The van der Waals surface area contributed by atoms with Crippen LogP contribution in [0.1, 0.15) is 45.1 Å². The summed E-state index contributed by atoms with van der Waals surface area (Å²) in [4.78, 5) is 23.8. The van der Waals surface area contributed by atoms with E-state index in [0.717, 1.165) is 12.3 Å². The molecule has 1 amide bonds. The predicted octanol–water partition coefficient (Wildman–Crippen LogP) is 2.72. The molecule has 0 radical (unpaired) electrons. The summed E-state index contributed by atoms with van der Waals surface area (Å²) in [7, 11) is 0. The Morgan fingerprint density at radius 1 is 1.33 bits per heavy atom. The lowest BCUT2D eigenvalue weighted by molar-refractivity contribution is -0.145. The van der Waals surface area contributed by atoms with E-state index in [-0.39, 0.29) is 18.4 Å². The molecule has 0 spiro atoms. The van der Waals surface area contributed by atoms with E-state index in [2.05, 4.69) is 5.32 Å². The maximum absolute atomic E-state index is 12.2. The van der Waals surface area contributed by atoms with Gasteiger partial charge in [0.25, 0.3) is 0 Å². The fourth-order valence-electron chi connectivity index (χ4n) is 2.67. The summed E-state index contributed by atoms with van der Waals surface area (Å²) < 4.78 is 0. The number of amides is 1. The normalized spacial score (nSPS) is 18.6. The van der Waals surface area contributed by atoms with Crippen LogP contribution in [0.3, 0.4) is 0 Å². The number of carbonyl (C=O) groups excluding carboxylic acids is 1. The molecule has 2 unspecified atom stereocenters. The van der Waals surface area contributed by atoms with Crippen molar-refractivity contribution in [2.24, 2.45) is 5.92 Å². The van der Waals surface area contributed by atoms with Crippen molar-refractivity contribution in [1.82, 2.24) is 5.32 Å². The van der Waals surface area contributed by atoms with Gasteiger partial charge in [0.05, 0.1) is 5.41 Å². The molecule has 114 valence electrons. The van der Waals surface area contributed by atoms with Crippen LogP contribution in [-0.4, -0.2) is 23.0 Å². The van der Waals surface area contributed by atoms with Crippen LogP contribution in [-0.2, 0) is 15.0 Å². The molecule has 1 fully saturated rings. The van der Waals surface area contributed by atoms with Gasteiger partial charge in [0.15, 0.2) is 0 Å². The number of nitrogens with one attached hydrogen (secondary N) is 1. The summed E-state index contributed by atoms with van der Waals surface area (Å²) in [6, 6.07) is 9.06. The molecule has 0 bridgehead atoms. The zero-order chi connectivity index (χ0) is 15.5. The summed E-state index contributed by atoms with van der Waals surface area (Å²) >= 11 is 0. The van der Waals surface area contributed by atoms with E-state index >= 15 is 0 Å². The van der Waals surface area contributed by atoms with E-state index in [1.165, 1.54) is 12.8 Å². The molecular weight excluding hydrogens is 266 g/mol. The van der Waals surface area contributed by atoms with Gasteiger partial charge < -0.3 is 10.4 Å². The Hall–Kier alpha value is -1.84. The first-order chi connectivity index (χ1) is 9.91. The predicted molar refractivity (Wildman–Crippen MR) is 81.0 cm³/mol. The minimum absolute atomic E-state index is 0.0403. The first-order valence-corrected chi connectivity index (χ1v) is 7.50. The molecule has 1 aliphatic rings. The Bertz CT molecular complexity index is 510. The van der Waals surface area contributed by atoms with Gasteiger partial charge in [-0.05, 0) is 31.7 Å². The van der Waals surface area contributed by atoms with Gasteiger partial charge in [0, 0.05) is 12.5 Å². The third-order valence-electron chi connectivity index (χ3n) is 4.19. The van der Waals surface area contributed by atoms with Gasteiger partial charge >= 0.3 is 5.97 Å². The molecule has 2 atom stereocenters. The molecule has 1 aromatic rings. The highest BCUT2D eigenvalue weighted by Crippen LogP contribution is 2.33. The van der Waals surface area contributed by atoms with Gasteiger partial charge in [-0.3, -0.25) is 9.59 Å². The van der Waals surface area contributed by atoms with Crippen LogP contribution in [0, 0.1) is 5.92 Å². The van der Waals surface area contributed by atoms with Gasteiger partial charge in [-0.1, -0.05) is 43.2 Å². The number of hydrogen-bond donors (Lipinski definition) is 2. The number of hydrogen-bond acceptors (Lipinski definition) is 2. The zero-order valence-corrected chi connectivity index (χ0v) is 12.6. The van der Waals surface area contributed by atoms with Crippen molar-refractivity contribution in [1.29, 1.82) is 0 Å². The fourth-order valence-corrected chi connectivity index (χ4v) is 2.67. The molecule has 0 aliphatic heterocycles. The van der Waals surface area contributed by atoms with E-state index in [1.54, 1.807) is 31.2 Å². The maximum Gasteiger partial charge on any atom is 0.314 e. The number of carboxylic acids is 1. The van der Waals surface area contributed by atoms with Crippen molar-refractivity contribution in [3.8, 4) is 0 Å². The smallest absolute Gasteiger partial charge is 0.314 e. The second kappa shape index (κ2) is 6.29. The van der Waals surface area contributed by atoms with Crippen molar-refractivity contribution in [2.45, 2.75) is 51.0 Å². The lowest BCUT2D eigenvalue weighted by Crippen LogP contribution is -2.41. The van der Waals surface area contributed by atoms with Crippen LogP contribution in [0.2, 0.25) is 0 Å². The van der Waals surface area contributed by atoms with E-state index in [9.17, 15) is 14.7 Å². The third-order valence-corrected chi connectivity index (χ3v) is 4.19. The van der Waals surface area contributed by atoms with Gasteiger partial charge in [-0.2, -0.15) is 0 Å². The molecule has 0 saturated heterocycles. The lowest BCUT2D eigenvalue weighted by Gasteiger charge is -2.25. The fraction of sp³-hybridized carbons (Fsp3) is 0.529. The molecule has 0 heterocycles.